The second-order valence-corrected chi connectivity index (χ2v) is 3.73. The summed E-state index contributed by atoms with van der Waals surface area (Å²) in [6, 6.07) is 3.15. The number of H-pyrrole nitrogens is 1. The number of aromatic nitrogens is 2. The van der Waals surface area contributed by atoms with Crippen molar-refractivity contribution in [3.8, 4) is 11.5 Å². The van der Waals surface area contributed by atoms with Crippen molar-refractivity contribution in [3.05, 3.63) is 33.0 Å². The number of methoxy groups -OCH3 is 2. The van der Waals surface area contributed by atoms with Gasteiger partial charge in [0.15, 0.2) is 11.5 Å². The number of fused-ring (bicyclic) bond motifs is 1. The van der Waals surface area contributed by atoms with E-state index < -0.39 is 5.69 Å². The summed E-state index contributed by atoms with van der Waals surface area (Å²) in [6.45, 7) is 2.06. The van der Waals surface area contributed by atoms with E-state index in [9.17, 15) is 9.59 Å². The van der Waals surface area contributed by atoms with E-state index in [0.29, 0.717) is 28.9 Å². The van der Waals surface area contributed by atoms with Crippen molar-refractivity contribution in [2.75, 3.05) is 14.2 Å². The molecule has 0 saturated carbocycles. The van der Waals surface area contributed by atoms with Crippen LogP contribution >= 0.6 is 0 Å². The van der Waals surface area contributed by atoms with Crippen molar-refractivity contribution in [2.24, 2.45) is 0 Å². The van der Waals surface area contributed by atoms with Crippen LogP contribution in [-0.2, 0) is 6.54 Å². The maximum Gasteiger partial charge on any atom is 0.328 e. The largest absolute Gasteiger partial charge is 0.493 e. The standard InChI is InChI=1S/C12H14N2O4/c1-4-14-11(15)7-5-9(17-2)10(18-3)6-8(7)13-12(14)16/h5-6H,4H2,1-3H3,(H,13,16). The number of rotatable bonds is 3. The number of aromatic amines is 1. The summed E-state index contributed by atoms with van der Waals surface area (Å²) < 4.78 is 11.4. The predicted molar refractivity (Wildman–Crippen MR) is 67.6 cm³/mol. The Morgan fingerprint density at radius 2 is 1.78 bits per heavy atom. The van der Waals surface area contributed by atoms with Gasteiger partial charge in [0.1, 0.15) is 0 Å². The Morgan fingerprint density at radius 3 is 2.33 bits per heavy atom. The number of benzene rings is 1. The first kappa shape index (κ1) is 12.2. The molecule has 2 aromatic rings. The molecule has 6 nitrogen and oxygen atoms in total. The number of ether oxygens (including phenoxy) is 2. The number of nitrogens with one attached hydrogen (secondary N) is 1. The van der Waals surface area contributed by atoms with Crippen molar-refractivity contribution in [1.82, 2.24) is 9.55 Å². The van der Waals surface area contributed by atoms with Crippen molar-refractivity contribution in [1.29, 1.82) is 0 Å². The highest BCUT2D eigenvalue weighted by molar-refractivity contribution is 5.81. The van der Waals surface area contributed by atoms with E-state index in [2.05, 4.69) is 4.98 Å². The SMILES string of the molecule is CCn1c(=O)[nH]c2cc(OC)c(OC)cc2c1=O. The molecule has 0 aliphatic carbocycles. The molecule has 0 aliphatic heterocycles. The van der Waals surface area contributed by atoms with Gasteiger partial charge in [0.2, 0.25) is 0 Å². The van der Waals surface area contributed by atoms with Crippen LogP contribution in [-0.4, -0.2) is 23.8 Å². The molecule has 0 fully saturated rings. The lowest BCUT2D eigenvalue weighted by atomic mass is 10.2. The third kappa shape index (κ3) is 1.75. The topological polar surface area (TPSA) is 73.3 Å². The Labute approximate surface area is 103 Å². The molecular weight excluding hydrogens is 236 g/mol. The molecule has 0 aliphatic rings. The maximum atomic E-state index is 12.1. The van der Waals surface area contributed by atoms with Gasteiger partial charge in [-0.15, -0.1) is 0 Å². The van der Waals surface area contributed by atoms with Crippen molar-refractivity contribution < 1.29 is 9.47 Å². The summed E-state index contributed by atoms with van der Waals surface area (Å²) in [7, 11) is 2.99. The third-order valence-electron chi connectivity index (χ3n) is 2.80. The van der Waals surface area contributed by atoms with Gasteiger partial charge in [-0.3, -0.25) is 9.36 Å². The van der Waals surface area contributed by atoms with Gasteiger partial charge in [-0.2, -0.15) is 0 Å². The predicted octanol–water partition coefficient (Wildman–Crippen LogP) is 0.727. The molecule has 1 aromatic heterocycles. The highest BCUT2D eigenvalue weighted by atomic mass is 16.5. The van der Waals surface area contributed by atoms with E-state index in [0.717, 1.165) is 4.57 Å². The quantitative estimate of drug-likeness (QED) is 0.871. The average molecular weight is 250 g/mol. The molecule has 0 spiro atoms. The first-order chi connectivity index (χ1) is 8.62. The number of hydrogen-bond acceptors (Lipinski definition) is 4. The van der Waals surface area contributed by atoms with Gasteiger partial charge >= 0.3 is 5.69 Å². The monoisotopic (exact) mass is 250 g/mol. The van der Waals surface area contributed by atoms with Crippen LogP contribution in [0.15, 0.2) is 21.7 Å². The second-order valence-electron chi connectivity index (χ2n) is 3.73. The first-order valence-electron chi connectivity index (χ1n) is 5.51. The van der Waals surface area contributed by atoms with Crippen LogP contribution in [0, 0.1) is 0 Å². The van der Waals surface area contributed by atoms with Gasteiger partial charge in [0.05, 0.1) is 25.1 Å². The summed E-state index contributed by atoms with van der Waals surface area (Å²) in [5.74, 6) is 0.922. The van der Waals surface area contributed by atoms with E-state index in [-0.39, 0.29) is 5.56 Å². The van der Waals surface area contributed by atoms with Crippen LogP contribution in [0.5, 0.6) is 11.5 Å². The molecule has 6 heteroatoms. The first-order valence-corrected chi connectivity index (χ1v) is 5.51. The van der Waals surface area contributed by atoms with E-state index >= 15 is 0 Å². The summed E-state index contributed by atoms with van der Waals surface area (Å²) >= 11 is 0. The van der Waals surface area contributed by atoms with Gasteiger partial charge < -0.3 is 14.5 Å². The summed E-state index contributed by atoms with van der Waals surface area (Å²) in [4.78, 5) is 26.4. The molecule has 18 heavy (non-hydrogen) atoms. The molecule has 1 N–H and O–H groups in total. The zero-order valence-corrected chi connectivity index (χ0v) is 10.4. The molecule has 0 saturated heterocycles. The van der Waals surface area contributed by atoms with E-state index in [1.54, 1.807) is 19.1 Å². The lowest BCUT2D eigenvalue weighted by Gasteiger charge is -2.09. The molecule has 0 bridgehead atoms. The lowest BCUT2D eigenvalue weighted by molar-refractivity contribution is 0.355. The fourth-order valence-corrected chi connectivity index (χ4v) is 1.87. The highest BCUT2D eigenvalue weighted by Gasteiger charge is 2.11. The van der Waals surface area contributed by atoms with Crippen molar-refractivity contribution >= 4 is 10.9 Å². The minimum atomic E-state index is -0.429. The Morgan fingerprint density at radius 1 is 1.17 bits per heavy atom. The van der Waals surface area contributed by atoms with Crippen molar-refractivity contribution in [3.63, 3.8) is 0 Å². The molecule has 0 unspecified atom stereocenters. The molecule has 96 valence electrons. The minimum absolute atomic E-state index is 0.318. The summed E-state index contributed by atoms with van der Waals surface area (Å²) in [6.07, 6.45) is 0. The van der Waals surface area contributed by atoms with Crippen LogP contribution in [0.3, 0.4) is 0 Å². The smallest absolute Gasteiger partial charge is 0.328 e. The zero-order chi connectivity index (χ0) is 13.3. The molecule has 1 heterocycles. The normalized spacial score (nSPS) is 10.6. The fraction of sp³-hybridized carbons (Fsp3) is 0.333. The zero-order valence-electron chi connectivity index (χ0n) is 10.4. The highest BCUT2D eigenvalue weighted by Crippen LogP contribution is 2.29. The second kappa shape index (κ2) is 4.56. The van der Waals surface area contributed by atoms with Gasteiger partial charge in [-0.05, 0) is 13.0 Å². The van der Waals surface area contributed by atoms with Crippen LogP contribution in [0.2, 0.25) is 0 Å². The number of hydrogen-bond donors (Lipinski definition) is 1. The third-order valence-corrected chi connectivity index (χ3v) is 2.80. The molecule has 1 aromatic carbocycles. The summed E-state index contributed by atoms with van der Waals surface area (Å²) in [5.41, 5.74) is -0.327. The molecule has 0 amide bonds. The fourth-order valence-electron chi connectivity index (χ4n) is 1.87. The van der Waals surface area contributed by atoms with Crippen LogP contribution in [0.25, 0.3) is 10.9 Å². The minimum Gasteiger partial charge on any atom is -0.493 e. The Balaban J connectivity index is 2.90. The number of nitrogens with zero attached hydrogens (tertiary/aromatic N) is 1. The van der Waals surface area contributed by atoms with Crippen LogP contribution in [0.1, 0.15) is 6.92 Å². The van der Waals surface area contributed by atoms with E-state index in [1.165, 1.54) is 14.2 Å². The van der Waals surface area contributed by atoms with Crippen LogP contribution < -0.4 is 20.7 Å². The van der Waals surface area contributed by atoms with E-state index in [1.807, 2.05) is 0 Å². The summed E-state index contributed by atoms with van der Waals surface area (Å²) in [5, 5.41) is 0.397. The lowest BCUT2D eigenvalue weighted by Crippen LogP contribution is -2.34. The Kier molecular flexibility index (Phi) is 3.10. The van der Waals surface area contributed by atoms with Crippen LogP contribution in [0.4, 0.5) is 0 Å². The van der Waals surface area contributed by atoms with Gasteiger partial charge in [0.25, 0.3) is 5.56 Å². The Hall–Kier alpha value is -2.24. The molecule has 0 atom stereocenters. The van der Waals surface area contributed by atoms with Crippen molar-refractivity contribution in [2.45, 2.75) is 13.5 Å². The van der Waals surface area contributed by atoms with Gasteiger partial charge in [-0.1, -0.05) is 0 Å². The Bertz CT molecular complexity index is 700. The molecular formula is C12H14N2O4. The van der Waals surface area contributed by atoms with Gasteiger partial charge in [-0.25, -0.2) is 4.79 Å². The van der Waals surface area contributed by atoms with Gasteiger partial charge in [0, 0.05) is 12.6 Å². The molecule has 0 radical (unpaired) electrons. The maximum absolute atomic E-state index is 12.1. The van der Waals surface area contributed by atoms with E-state index in [4.69, 9.17) is 9.47 Å². The average Bonchev–Trinajstić information content (AvgIpc) is 2.37. The molecule has 2 rings (SSSR count).